The van der Waals surface area contributed by atoms with Crippen molar-refractivity contribution in [1.29, 1.82) is 0 Å². The molecular formula is C16H19NO3. The minimum absolute atomic E-state index is 0.0491. The fourth-order valence-corrected chi connectivity index (χ4v) is 3.20. The number of carbonyl (C=O) groups is 2. The first-order chi connectivity index (χ1) is 9.74. The lowest BCUT2D eigenvalue weighted by molar-refractivity contribution is -0.122. The summed E-state index contributed by atoms with van der Waals surface area (Å²) < 4.78 is 5.33. The average molecular weight is 273 g/mol. The Hall–Kier alpha value is -1.84. The Balaban J connectivity index is 1.54. The number of ether oxygens (including phenoxy) is 1. The Morgan fingerprint density at radius 3 is 2.85 bits per heavy atom. The molecule has 0 spiro atoms. The molecule has 1 saturated carbocycles. The van der Waals surface area contributed by atoms with Crippen LogP contribution in [0.2, 0.25) is 0 Å². The summed E-state index contributed by atoms with van der Waals surface area (Å²) in [6, 6.07) is 9.64. The third kappa shape index (κ3) is 2.69. The molecule has 1 aliphatic carbocycles. The maximum Gasteiger partial charge on any atom is 0.410 e. The number of fused-ring (bicyclic) bond motifs is 1. The zero-order valence-electron chi connectivity index (χ0n) is 11.5. The molecule has 1 aromatic rings. The van der Waals surface area contributed by atoms with E-state index in [4.69, 9.17) is 4.74 Å². The summed E-state index contributed by atoms with van der Waals surface area (Å²) in [7, 11) is 0. The Labute approximate surface area is 118 Å². The second kappa shape index (κ2) is 5.65. The summed E-state index contributed by atoms with van der Waals surface area (Å²) in [5.41, 5.74) is 0.979. The van der Waals surface area contributed by atoms with Crippen molar-refractivity contribution in [2.45, 2.75) is 25.9 Å². The topological polar surface area (TPSA) is 46.6 Å². The van der Waals surface area contributed by atoms with E-state index in [0.717, 1.165) is 18.4 Å². The normalized spacial score (nSPS) is 25.4. The Morgan fingerprint density at radius 1 is 1.25 bits per heavy atom. The first-order valence-electron chi connectivity index (χ1n) is 7.22. The van der Waals surface area contributed by atoms with Gasteiger partial charge in [-0.15, -0.1) is 0 Å². The number of amides is 1. The zero-order chi connectivity index (χ0) is 13.9. The number of nitrogens with zero attached hydrogens (tertiary/aromatic N) is 1. The van der Waals surface area contributed by atoms with Gasteiger partial charge in [0.2, 0.25) is 0 Å². The molecule has 2 unspecified atom stereocenters. The summed E-state index contributed by atoms with van der Waals surface area (Å²) in [5.74, 6) is 0.851. The van der Waals surface area contributed by atoms with Gasteiger partial charge in [-0.2, -0.15) is 0 Å². The van der Waals surface area contributed by atoms with Gasteiger partial charge in [-0.3, -0.25) is 4.79 Å². The second-order valence-corrected chi connectivity index (χ2v) is 5.65. The van der Waals surface area contributed by atoms with E-state index in [0.29, 0.717) is 31.2 Å². The van der Waals surface area contributed by atoms with Gasteiger partial charge < -0.3 is 9.64 Å². The molecule has 1 aliphatic heterocycles. The molecule has 20 heavy (non-hydrogen) atoms. The van der Waals surface area contributed by atoms with Gasteiger partial charge in [0.05, 0.1) is 0 Å². The molecule has 2 fully saturated rings. The minimum atomic E-state index is -0.299. The third-order valence-electron chi connectivity index (χ3n) is 4.39. The van der Waals surface area contributed by atoms with Gasteiger partial charge >= 0.3 is 6.09 Å². The molecule has 0 aromatic heterocycles. The van der Waals surface area contributed by atoms with E-state index in [-0.39, 0.29) is 18.6 Å². The summed E-state index contributed by atoms with van der Waals surface area (Å²) in [4.78, 5) is 25.5. The van der Waals surface area contributed by atoms with E-state index in [2.05, 4.69) is 0 Å². The van der Waals surface area contributed by atoms with Crippen molar-refractivity contribution in [3.05, 3.63) is 35.9 Å². The van der Waals surface area contributed by atoms with Gasteiger partial charge in [0.25, 0.3) is 0 Å². The minimum Gasteiger partial charge on any atom is -0.445 e. The smallest absolute Gasteiger partial charge is 0.410 e. The summed E-state index contributed by atoms with van der Waals surface area (Å²) >= 11 is 0. The second-order valence-electron chi connectivity index (χ2n) is 5.65. The van der Waals surface area contributed by atoms with Crippen LogP contribution in [0.25, 0.3) is 0 Å². The van der Waals surface area contributed by atoms with Crippen LogP contribution in [0.4, 0.5) is 4.79 Å². The Kier molecular flexibility index (Phi) is 3.72. The molecule has 0 N–H and O–H groups in total. The van der Waals surface area contributed by atoms with Crippen LogP contribution in [0.5, 0.6) is 0 Å². The highest BCUT2D eigenvalue weighted by Crippen LogP contribution is 2.35. The maximum atomic E-state index is 12.1. The van der Waals surface area contributed by atoms with Crippen molar-refractivity contribution >= 4 is 11.9 Å². The SMILES string of the molecule is O=C1CCC2CCN(C(=O)OCc3ccccc3)CC12. The molecule has 2 atom stereocenters. The van der Waals surface area contributed by atoms with Crippen molar-refractivity contribution in [2.75, 3.05) is 13.1 Å². The number of rotatable bonds is 2. The predicted molar refractivity (Wildman–Crippen MR) is 74.0 cm³/mol. The van der Waals surface area contributed by atoms with Crippen LogP contribution in [0.1, 0.15) is 24.8 Å². The lowest BCUT2D eigenvalue weighted by Gasteiger charge is -2.33. The molecule has 1 saturated heterocycles. The van der Waals surface area contributed by atoms with Crippen molar-refractivity contribution in [3.63, 3.8) is 0 Å². The van der Waals surface area contributed by atoms with E-state index >= 15 is 0 Å². The molecule has 0 radical (unpaired) electrons. The molecule has 106 valence electrons. The number of likely N-dealkylation sites (tertiary alicyclic amines) is 1. The van der Waals surface area contributed by atoms with Gasteiger partial charge in [-0.25, -0.2) is 4.79 Å². The molecule has 4 heteroatoms. The quantitative estimate of drug-likeness (QED) is 0.832. The molecule has 2 aliphatic rings. The van der Waals surface area contributed by atoms with Gasteiger partial charge in [0.1, 0.15) is 12.4 Å². The van der Waals surface area contributed by atoms with Crippen LogP contribution < -0.4 is 0 Å². The lowest BCUT2D eigenvalue weighted by atomic mass is 9.88. The van der Waals surface area contributed by atoms with Crippen molar-refractivity contribution in [2.24, 2.45) is 11.8 Å². The van der Waals surface area contributed by atoms with Gasteiger partial charge in [-0.05, 0) is 24.3 Å². The monoisotopic (exact) mass is 273 g/mol. The number of carbonyl (C=O) groups excluding carboxylic acids is 2. The number of hydrogen-bond donors (Lipinski definition) is 0. The van der Waals surface area contributed by atoms with Gasteiger partial charge in [0.15, 0.2) is 0 Å². The highest BCUT2D eigenvalue weighted by molar-refractivity contribution is 5.84. The number of piperidine rings is 1. The summed E-state index contributed by atoms with van der Waals surface area (Å²) in [6.07, 6.45) is 2.31. The highest BCUT2D eigenvalue weighted by atomic mass is 16.6. The fraction of sp³-hybridized carbons (Fsp3) is 0.500. The maximum absolute atomic E-state index is 12.1. The van der Waals surface area contributed by atoms with Crippen molar-refractivity contribution in [3.8, 4) is 0 Å². The molecule has 1 aromatic carbocycles. The Bertz CT molecular complexity index is 500. The third-order valence-corrected chi connectivity index (χ3v) is 4.39. The van der Waals surface area contributed by atoms with E-state index in [1.54, 1.807) is 4.90 Å². The number of benzene rings is 1. The van der Waals surface area contributed by atoms with Gasteiger partial charge in [0, 0.05) is 25.4 Å². The van der Waals surface area contributed by atoms with Crippen LogP contribution >= 0.6 is 0 Å². The van der Waals surface area contributed by atoms with Gasteiger partial charge in [-0.1, -0.05) is 30.3 Å². The predicted octanol–water partition coefficient (Wildman–Crippen LogP) is 2.62. The van der Waals surface area contributed by atoms with E-state index < -0.39 is 0 Å². The number of ketones is 1. The van der Waals surface area contributed by atoms with Crippen LogP contribution in [0.3, 0.4) is 0 Å². The van der Waals surface area contributed by atoms with Crippen molar-refractivity contribution in [1.82, 2.24) is 4.90 Å². The number of Topliss-reactive ketones (excluding diaryl/α,β-unsaturated/α-hetero) is 1. The zero-order valence-corrected chi connectivity index (χ0v) is 11.5. The van der Waals surface area contributed by atoms with E-state index in [1.165, 1.54) is 0 Å². The van der Waals surface area contributed by atoms with E-state index in [9.17, 15) is 9.59 Å². The highest BCUT2D eigenvalue weighted by Gasteiger charge is 2.40. The standard InChI is InChI=1S/C16H19NO3/c18-15-7-6-13-8-9-17(10-14(13)15)16(19)20-11-12-4-2-1-3-5-12/h1-5,13-14H,6-11H2. The summed E-state index contributed by atoms with van der Waals surface area (Å²) in [6.45, 7) is 1.54. The first kappa shape index (κ1) is 13.2. The molecule has 3 rings (SSSR count). The summed E-state index contributed by atoms with van der Waals surface area (Å²) in [5, 5.41) is 0. The molecular weight excluding hydrogens is 254 g/mol. The Morgan fingerprint density at radius 2 is 2.05 bits per heavy atom. The molecule has 0 bridgehead atoms. The van der Waals surface area contributed by atoms with Crippen LogP contribution in [0.15, 0.2) is 30.3 Å². The average Bonchev–Trinajstić information content (AvgIpc) is 2.87. The van der Waals surface area contributed by atoms with Crippen LogP contribution in [-0.4, -0.2) is 29.9 Å². The first-order valence-corrected chi connectivity index (χ1v) is 7.22. The largest absolute Gasteiger partial charge is 0.445 e. The van der Waals surface area contributed by atoms with E-state index in [1.807, 2.05) is 30.3 Å². The molecule has 1 heterocycles. The van der Waals surface area contributed by atoms with Crippen molar-refractivity contribution < 1.29 is 14.3 Å². The fourth-order valence-electron chi connectivity index (χ4n) is 3.20. The lowest BCUT2D eigenvalue weighted by Crippen LogP contribution is -2.44. The number of hydrogen-bond acceptors (Lipinski definition) is 3. The molecule has 1 amide bonds. The van der Waals surface area contributed by atoms with Crippen LogP contribution in [0, 0.1) is 11.8 Å². The molecule has 4 nitrogen and oxygen atoms in total. The van der Waals surface area contributed by atoms with Crippen LogP contribution in [-0.2, 0) is 16.1 Å².